The van der Waals surface area contributed by atoms with Crippen molar-refractivity contribution in [2.24, 2.45) is 0 Å². The highest BCUT2D eigenvalue weighted by Crippen LogP contribution is 2.10. The molecular formula is C17H21N3O. The minimum Gasteiger partial charge on any atom is -0.375 e. The molecular weight excluding hydrogens is 262 g/mol. The van der Waals surface area contributed by atoms with E-state index >= 15 is 0 Å². The van der Waals surface area contributed by atoms with E-state index in [2.05, 4.69) is 34.4 Å². The molecule has 2 rings (SSSR count). The molecule has 1 amide bonds. The summed E-state index contributed by atoms with van der Waals surface area (Å²) < 4.78 is 0. The van der Waals surface area contributed by atoms with E-state index in [0.717, 1.165) is 18.7 Å². The third kappa shape index (κ3) is 4.60. The van der Waals surface area contributed by atoms with Crippen LogP contribution in [-0.4, -0.2) is 31.0 Å². The van der Waals surface area contributed by atoms with Gasteiger partial charge in [0.25, 0.3) is 5.91 Å². The number of para-hydroxylation sites is 1. The van der Waals surface area contributed by atoms with Crippen LogP contribution in [0.25, 0.3) is 0 Å². The molecule has 2 aromatic rings. The first-order chi connectivity index (χ1) is 10.2. The summed E-state index contributed by atoms with van der Waals surface area (Å²) in [5, 5.41) is 2.90. The molecule has 0 saturated heterocycles. The van der Waals surface area contributed by atoms with E-state index in [0.29, 0.717) is 12.2 Å². The number of carbonyl (C=O) groups excluding carboxylic acids is 1. The van der Waals surface area contributed by atoms with Gasteiger partial charge in [0.15, 0.2) is 0 Å². The van der Waals surface area contributed by atoms with Gasteiger partial charge >= 0.3 is 0 Å². The van der Waals surface area contributed by atoms with Gasteiger partial charge in [0, 0.05) is 31.5 Å². The number of amides is 1. The summed E-state index contributed by atoms with van der Waals surface area (Å²) in [6.07, 6.45) is 0.892. The monoisotopic (exact) mass is 283 g/mol. The molecule has 0 radical (unpaired) electrons. The highest BCUT2D eigenvalue weighted by Gasteiger charge is 2.06. The Bertz CT molecular complexity index is 584. The van der Waals surface area contributed by atoms with Gasteiger partial charge < -0.3 is 10.2 Å². The van der Waals surface area contributed by atoms with Gasteiger partial charge in [0.2, 0.25) is 0 Å². The largest absolute Gasteiger partial charge is 0.375 e. The Hall–Kier alpha value is -2.36. The van der Waals surface area contributed by atoms with Gasteiger partial charge in [0.05, 0.1) is 0 Å². The molecule has 0 fully saturated rings. The molecule has 110 valence electrons. The summed E-state index contributed by atoms with van der Waals surface area (Å²) in [5.41, 5.74) is 2.52. The third-order valence-electron chi connectivity index (χ3n) is 3.27. The number of nitrogens with one attached hydrogen (secondary N) is 1. The summed E-state index contributed by atoms with van der Waals surface area (Å²) in [6, 6.07) is 15.7. The first-order valence-corrected chi connectivity index (χ1v) is 7.15. The predicted molar refractivity (Wildman–Crippen MR) is 85.6 cm³/mol. The number of hydrogen-bond donors (Lipinski definition) is 1. The topological polar surface area (TPSA) is 45.2 Å². The summed E-state index contributed by atoms with van der Waals surface area (Å²) in [7, 11) is 2.05. The number of aryl methyl sites for hydroxylation is 1. The molecule has 0 atom stereocenters. The molecule has 0 bridgehead atoms. The lowest BCUT2D eigenvalue weighted by Gasteiger charge is -2.19. The number of rotatable bonds is 6. The highest BCUT2D eigenvalue weighted by molar-refractivity contribution is 5.92. The van der Waals surface area contributed by atoms with E-state index in [1.54, 1.807) is 6.07 Å². The Kier molecular flexibility index (Phi) is 5.32. The molecule has 4 heteroatoms. The maximum Gasteiger partial charge on any atom is 0.269 e. The SMILES string of the molecule is Cc1cccc(C(=O)NCCCN(C)c2ccccc2)n1. The molecule has 1 aromatic carbocycles. The molecule has 1 N–H and O–H groups in total. The summed E-state index contributed by atoms with van der Waals surface area (Å²) in [5.74, 6) is -0.110. The zero-order valence-electron chi connectivity index (χ0n) is 12.5. The molecule has 1 heterocycles. The van der Waals surface area contributed by atoms with E-state index in [-0.39, 0.29) is 5.91 Å². The summed E-state index contributed by atoms with van der Waals surface area (Å²) in [6.45, 7) is 3.42. The van der Waals surface area contributed by atoms with Crippen molar-refractivity contribution >= 4 is 11.6 Å². The van der Waals surface area contributed by atoms with Crippen molar-refractivity contribution in [2.75, 3.05) is 25.0 Å². The lowest BCUT2D eigenvalue weighted by atomic mass is 10.2. The number of aromatic nitrogens is 1. The molecule has 0 unspecified atom stereocenters. The van der Waals surface area contributed by atoms with Gasteiger partial charge in [-0.2, -0.15) is 0 Å². The molecule has 0 aliphatic carbocycles. The van der Waals surface area contributed by atoms with Crippen molar-refractivity contribution in [3.8, 4) is 0 Å². The fraction of sp³-hybridized carbons (Fsp3) is 0.294. The number of benzene rings is 1. The molecule has 4 nitrogen and oxygen atoms in total. The maximum atomic E-state index is 11.9. The van der Waals surface area contributed by atoms with Crippen LogP contribution in [0.3, 0.4) is 0 Å². The quantitative estimate of drug-likeness (QED) is 0.829. The van der Waals surface area contributed by atoms with Crippen LogP contribution in [0, 0.1) is 6.92 Å². The van der Waals surface area contributed by atoms with Gasteiger partial charge in [0.1, 0.15) is 5.69 Å². The molecule has 0 aliphatic heterocycles. The predicted octanol–water partition coefficient (Wildman–Crippen LogP) is 2.65. The van der Waals surface area contributed by atoms with Gasteiger partial charge in [-0.3, -0.25) is 4.79 Å². The number of nitrogens with zero attached hydrogens (tertiary/aromatic N) is 2. The molecule has 0 saturated carbocycles. The number of anilines is 1. The second kappa shape index (κ2) is 7.43. The Morgan fingerprint density at radius 1 is 1.14 bits per heavy atom. The van der Waals surface area contributed by atoms with E-state index in [1.807, 2.05) is 37.3 Å². The molecule has 21 heavy (non-hydrogen) atoms. The Morgan fingerprint density at radius 2 is 1.90 bits per heavy atom. The van der Waals surface area contributed by atoms with Gasteiger partial charge in [-0.1, -0.05) is 24.3 Å². The minimum absolute atomic E-state index is 0.110. The highest BCUT2D eigenvalue weighted by atomic mass is 16.1. The molecule has 0 aliphatic rings. The number of hydrogen-bond acceptors (Lipinski definition) is 3. The first kappa shape index (κ1) is 15.0. The van der Waals surface area contributed by atoms with Crippen molar-refractivity contribution in [3.05, 3.63) is 59.9 Å². The maximum absolute atomic E-state index is 11.9. The van der Waals surface area contributed by atoms with Crippen LogP contribution in [0.1, 0.15) is 22.6 Å². The minimum atomic E-state index is -0.110. The van der Waals surface area contributed by atoms with Gasteiger partial charge in [-0.25, -0.2) is 4.98 Å². The average Bonchev–Trinajstić information content (AvgIpc) is 2.52. The Labute approximate surface area is 125 Å². The smallest absolute Gasteiger partial charge is 0.269 e. The van der Waals surface area contributed by atoms with Crippen LogP contribution in [0.15, 0.2) is 48.5 Å². The average molecular weight is 283 g/mol. The van der Waals surface area contributed by atoms with Crippen LogP contribution in [0.5, 0.6) is 0 Å². The standard InChI is InChI=1S/C17H21N3O/c1-14-8-6-11-16(19-14)17(21)18-12-7-13-20(2)15-9-4-3-5-10-15/h3-6,8-11H,7,12-13H2,1-2H3,(H,18,21). The Morgan fingerprint density at radius 3 is 2.62 bits per heavy atom. The van der Waals surface area contributed by atoms with Crippen LogP contribution in [0.2, 0.25) is 0 Å². The molecule has 0 spiro atoms. The zero-order chi connectivity index (χ0) is 15.1. The fourth-order valence-electron chi connectivity index (χ4n) is 2.09. The van der Waals surface area contributed by atoms with E-state index in [1.165, 1.54) is 5.69 Å². The van der Waals surface area contributed by atoms with Gasteiger partial charge in [-0.15, -0.1) is 0 Å². The van der Waals surface area contributed by atoms with Crippen molar-refractivity contribution in [2.45, 2.75) is 13.3 Å². The lowest BCUT2D eigenvalue weighted by molar-refractivity contribution is 0.0948. The van der Waals surface area contributed by atoms with Crippen molar-refractivity contribution in [1.29, 1.82) is 0 Å². The molecule has 1 aromatic heterocycles. The lowest BCUT2D eigenvalue weighted by Crippen LogP contribution is -2.28. The number of pyridine rings is 1. The fourth-order valence-corrected chi connectivity index (χ4v) is 2.09. The van der Waals surface area contributed by atoms with Crippen molar-refractivity contribution < 1.29 is 4.79 Å². The first-order valence-electron chi connectivity index (χ1n) is 7.15. The second-order valence-electron chi connectivity index (χ2n) is 5.03. The van der Waals surface area contributed by atoms with Crippen molar-refractivity contribution in [1.82, 2.24) is 10.3 Å². The van der Waals surface area contributed by atoms with Crippen LogP contribution in [-0.2, 0) is 0 Å². The third-order valence-corrected chi connectivity index (χ3v) is 3.27. The van der Waals surface area contributed by atoms with Crippen LogP contribution < -0.4 is 10.2 Å². The summed E-state index contributed by atoms with van der Waals surface area (Å²) >= 11 is 0. The normalized spacial score (nSPS) is 10.2. The number of carbonyl (C=O) groups is 1. The van der Waals surface area contributed by atoms with Crippen LogP contribution >= 0.6 is 0 Å². The summed E-state index contributed by atoms with van der Waals surface area (Å²) in [4.78, 5) is 18.3. The van der Waals surface area contributed by atoms with E-state index in [4.69, 9.17) is 0 Å². The second-order valence-corrected chi connectivity index (χ2v) is 5.03. The van der Waals surface area contributed by atoms with Crippen LogP contribution in [0.4, 0.5) is 5.69 Å². The zero-order valence-corrected chi connectivity index (χ0v) is 12.5. The Balaban J connectivity index is 1.74. The van der Waals surface area contributed by atoms with Crippen molar-refractivity contribution in [3.63, 3.8) is 0 Å². The van der Waals surface area contributed by atoms with E-state index < -0.39 is 0 Å². The van der Waals surface area contributed by atoms with E-state index in [9.17, 15) is 4.79 Å². The van der Waals surface area contributed by atoms with Gasteiger partial charge in [-0.05, 0) is 37.6 Å².